The standard InChI is InChI=1S/C21H29N7O.C14H21ClFN/c1-21(2,3)17-11-15-13-28(20(29)27-18(15)26-17)16-7-5-14(6-8-16)12-24-9-4-10-25-19(22)23;1-9(8-17)5-10-6-11(14(2,3)4)13(16)12(15)7-10/h5-8,11,13,24H,4,9-10,12H2,1-3H3,(H4,22,23,25)(H,26,27,29);6-7,9H,5,8,17H2,1-4H3. The molecule has 0 saturated heterocycles. The van der Waals surface area contributed by atoms with Crippen LogP contribution >= 0.6 is 11.6 Å². The van der Waals surface area contributed by atoms with Gasteiger partial charge in [-0.2, -0.15) is 4.98 Å². The number of aliphatic imine (C=N–C) groups is 1. The van der Waals surface area contributed by atoms with E-state index in [4.69, 9.17) is 28.8 Å². The number of fused-ring (bicyclic) bond motifs is 1. The lowest BCUT2D eigenvalue weighted by atomic mass is 9.84. The van der Waals surface area contributed by atoms with Crippen LogP contribution in [0.3, 0.4) is 0 Å². The molecule has 2 aromatic heterocycles. The maximum Gasteiger partial charge on any atom is 0.354 e. The fourth-order valence-electron chi connectivity index (χ4n) is 4.80. The Hall–Kier alpha value is -3.73. The zero-order valence-electron chi connectivity index (χ0n) is 28.2. The minimum Gasteiger partial charge on any atom is -0.370 e. The second kappa shape index (κ2) is 15.7. The van der Waals surface area contributed by atoms with E-state index in [2.05, 4.69) is 54.0 Å². The van der Waals surface area contributed by atoms with Crippen LogP contribution in [0.15, 0.2) is 58.4 Å². The van der Waals surface area contributed by atoms with Gasteiger partial charge in [-0.05, 0) is 78.2 Å². The number of nitrogens with zero attached hydrogens (tertiary/aromatic N) is 3. The molecule has 0 bridgehead atoms. The van der Waals surface area contributed by atoms with E-state index in [0.717, 1.165) is 53.8 Å². The summed E-state index contributed by atoms with van der Waals surface area (Å²) in [6.45, 7) is 17.2. The number of halogens is 2. The van der Waals surface area contributed by atoms with Gasteiger partial charge in [0.15, 0.2) is 5.96 Å². The van der Waals surface area contributed by atoms with Crippen molar-refractivity contribution in [2.24, 2.45) is 28.1 Å². The predicted octanol–water partition coefficient (Wildman–Crippen LogP) is 5.68. The summed E-state index contributed by atoms with van der Waals surface area (Å²) in [7, 11) is 0. The number of rotatable bonds is 10. The Bertz CT molecular complexity index is 1680. The van der Waals surface area contributed by atoms with Crippen LogP contribution < -0.4 is 28.2 Å². The number of aromatic amines is 1. The van der Waals surface area contributed by atoms with Gasteiger partial charge in [0, 0.05) is 35.8 Å². The van der Waals surface area contributed by atoms with E-state index in [1.807, 2.05) is 57.3 Å². The molecule has 0 aliphatic rings. The van der Waals surface area contributed by atoms with Crippen LogP contribution in [0.25, 0.3) is 16.7 Å². The third-order valence-corrected chi connectivity index (χ3v) is 7.82. The van der Waals surface area contributed by atoms with Crippen LogP contribution in [0.2, 0.25) is 5.02 Å². The number of hydrogen-bond acceptors (Lipinski definition) is 5. The van der Waals surface area contributed by atoms with Gasteiger partial charge < -0.3 is 27.5 Å². The maximum absolute atomic E-state index is 13.9. The van der Waals surface area contributed by atoms with Crippen molar-refractivity contribution in [1.82, 2.24) is 19.9 Å². The highest BCUT2D eigenvalue weighted by atomic mass is 35.5. The quantitative estimate of drug-likeness (QED) is 0.0844. The van der Waals surface area contributed by atoms with Crippen LogP contribution in [0.4, 0.5) is 4.39 Å². The Morgan fingerprint density at radius 2 is 1.74 bits per heavy atom. The molecule has 0 aliphatic heterocycles. The van der Waals surface area contributed by atoms with E-state index >= 15 is 0 Å². The summed E-state index contributed by atoms with van der Waals surface area (Å²) in [5, 5.41) is 4.47. The first kappa shape index (κ1) is 36.7. The van der Waals surface area contributed by atoms with E-state index in [9.17, 15) is 9.18 Å². The molecule has 11 heteroatoms. The molecule has 2 heterocycles. The molecule has 0 aliphatic carbocycles. The molecule has 46 heavy (non-hydrogen) atoms. The number of hydrogen-bond donors (Lipinski definition) is 5. The predicted molar refractivity (Wildman–Crippen MR) is 189 cm³/mol. The van der Waals surface area contributed by atoms with Crippen molar-refractivity contribution in [2.45, 2.75) is 78.7 Å². The van der Waals surface area contributed by atoms with E-state index in [1.165, 1.54) is 0 Å². The Balaban J connectivity index is 0.000000289. The lowest BCUT2D eigenvalue weighted by molar-refractivity contribution is 0.519. The summed E-state index contributed by atoms with van der Waals surface area (Å²) < 4.78 is 15.5. The molecule has 4 rings (SSSR count). The average Bonchev–Trinajstić information content (AvgIpc) is 3.40. The lowest BCUT2D eigenvalue weighted by Crippen LogP contribution is -2.23. The summed E-state index contributed by atoms with van der Waals surface area (Å²) in [5.41, 5.74) is 21.0. The molecule has 0 saturated carbocycles. The molecule has 9 nitrogen and oxygen atoms in total. The number of aromatic nitrogens is 3. The monoisotopic (exact) mass is 652 g/mol. The van der Waals surface area contributed by atoms with Crippen molar-refractivity contribution in [3.63, 3.8) is 0 Å². The van der Waals surface area contributed by atoms with E-state index in [-0.39, 0.29) is 33.3 Å². The zero-order chi connectivity index (χ0) is 34.2. The molecule has 2 aromatic carbocycles. The van der Waals surface area contributed by atoms with Crippen molar-refractivity contribution < 1.29 is 4.39 Å². The van der Waals surface area contributed by atoms with Crippen molar-refractivity contribution in [3.8, 4) is 5.69 Å². The molecule has 0 amide bonds. The molecule has 0 spiro atoms. The van der Waals surface area contributed by atoms with E-state index in [0.29, 0.717) is 30.2 Å². The largest absolute Gasteiger partial charge is 0.370 e. The summed E-state index contributed by atoms with van der Waals surface area (Å²) in [5.74, 6) is 0.199. The highest BCUT2D eigenvalue weighted by molar-refractivity contribution is 6.30. The minimum absolute atomic E-state index is 0.0352. The molecule has 1 unspecified atom stereocenters. The van der Waals surface area contributed by atoms with Crippen LogP contribution in [0.1, 0.15) is 77.3 Å². The van der Waals surface area contributed by atoms with Gasteiger partial charge >= 0.3 is 5.69 Å². The molecular weight excluding hydrogens is 603 g/mol. The molecular formula is C35H50ClFN8O. The van der Waals surface area contributed by atoms with Crippen molar-refractivity contribution >= 4 is 28.6 Å². The van der Waals surface area contributed by atoms with Crippen molar-refractivity contribution in [2.75, 3.05) is 19.6 Å². The number of H-pyrrole nitrogens is 1. The molecule has 250 valence electrons. The normalized spacial score (nSPS) is 12.5. The third kappa shape index (κ3) is 10.4. The van der Waals surface area contributed by atoms with Crippen LogP contribution in [0.5, 0.6) is 0 Å². The van der Waals surface area contributed by atoms with Gasteiger partial charge in [-0.15, -0.1) is 0 Å². The minimum atomic E-state index is -0.302. The van der Waals surface area contributed by atoms with Gasteiger partial charge in [0.05, 0.1) is 10.7 Å². The molecule has 1 atom stereocenters. The number of benzene rings is 2. The number of guanidine groups is 1. The zero-order valence-corrected chi connectivity index (χ0v) is 28.9. The SMILES string of the molecule is CC(C)(C)c1cc2cn(-c3ccc(CNCCCN=C(N)N)cc3)c(=O)nc2[nH]1.CC(CN)Cc1cc(Cl)c(F)c(C(C)(C)C)c1. The molecule has 4 aromatic rings. The summed E-state index contributed by atoms with van der Waals surface area (Å²) >= 11 is 5.95. The van der Waals surface area contributed by atoms with Crippen LogP contribution in [-0.4, -0.2) is 40.1 Å². The van der Waals surface area contributed by atoms with Gasteiger partial charge in [0.2, 0.25) is 0 Å². The summed E-state index contributed by atoms with van der Waals surface area (Å²) in [6, 6.07) is 13.6. The first-order chi connectivity index (χ1) is 21.5. The van der Waals surface area contributed by atoms with Gasteiger partial charge in [0.1, 0.15) is 11.5 Å². The van der Waals surface area contributed by atoms with Gasteiger partial charge in [-0.1, -0.05) is 78.3 Å². The van der Waals surface area contributed by atoms with Crippen molar-refractivity contribution in [3.05, 3.63) is 92.4 Å². The number of nitrogens with two attached hydrogens (primary N) is 3. The first-order valence-corrected chi connectivity index (χ1v) is 16.0. The fraction of sp³-hybridized carbons (Fsp3) is 0.457. The summed E-state index contributed by atoms with van der Waals surface area (Å²) in [4.78, 5) is 23.9. The Kier molecular flexibility index (Phi) is 12.5. The highest BCUT2D eigenvalue weighted by Gasteiger charge is 2.22. The van der Waals surface area contributed by atoms with Gasteiger partial charge in [-0.3, -0.25) is 9.56 Å². The van der Waals surface area contributed by atoms with E-state index < -0.39 is 0 Å². The lowest BCUT2D eigenvalue weighted by Gasteiger charge is -2.22. The Morgan fingerprint density at radius 1 is 1.07 bits per heavy atom. The second-order valence-corrected chi connectivity index (χ2v) is 14.3. The van der Waals surface area contributed by atoms with Crippen molar-refractivity contribution in [1.29, 1.82) is 0 Å². The molecule has 0 fully saturated rings. The van der Waals surface area contributed by atoms with Crippen LogP contribution in [-0.2, 0) is 23.8 Å². The summed E-state index contributed by atoms with van der Waals surface area (Å²) in [6.07, 6.45) is 3.54. The molecule has 8 N–H and O–H groups in total. The second-order valence-electron chi connectivity index (χ2n) is 13.9. The highest BCUT2D eigenvalue weighted by Crippen LogP contribution is 2.31. The van der Waals surface area contributed by atoms with E-state index in [1.54, 1.807) is 10.6 Å². The number of nitrogens with one attached hydrogen (secondary N) is 2. The first-order valence-electron chi connectivity index (χ1n) is 15.7. The Morgan fingerprint density at radius 3 is 2.33 bits per heavy atom. The maximum atomic E-state index is 13.9. The van der Waals surface area contributed by atoms with Gasteiger partial charge in [-0.25, -0.2) is 9.18 Å². The average molecular weight is 653 g/mol. The topological polar surface area (TPSA) is 153 Å². The van der Waals surface area contributed by atoms with Gasteiger partial charge in [0.25, 0.3) is 0 Å². The smallest absolute Gasteiger partial charge is 0.354 e. The third-order valence-electron chi connectivity index (χ3n) is 7.55. The van der Waals surface area contributed by atoms with Crippen LogP contribution in [0, 0.1) is 11.7 Å². The molecule has 0 radical (unpaired) electrons. The fourth-order valence-corrected chi connectivity index (χ4v) is 5.04. The Labute approximate surface area is 276 Å².